The topological polar surface area (TPSA) is 55.1 Å². The van der Waals surface area contributed by atoms with E-state index >= 15 is 0 Å². The van der Waals surface area contributed by atoms with Gasteiger partial charge in [0, 0.05) is 23.5 Å². The molecule has 3 N–H and O–H groups in total. The summed E-state index contributed by atoms with van der Waals surface area (Å²) in [5.41, 5.74) is 7.02. The molecule has 2 atom stereocenters. The largest absolute Gasteiger partial charge is 0.327 e. The number of anilines is 1. The lowest BCUT2D eigenvalue weighted by atomic mass is 9.83. The fourth-order valence-corrected chi connectivity index (χ4v) is 3.26. The molecule has 2 aromatic rings. The molecule has 2 aromatic carbocycles. The second-order valence-electron chi connectivity index (χ2n) is 5.99. The van der Waals surface area contributed by atoms with E-state index < -0.39 is 0 Å². The van der Waals surface area contributed by atoms with Gasteiger partial charge < -0.3 is 11.1 Å². The number of benzene rings is 2. The molecule has 0 saturated heterocycles. The van der Waals surface area contributed by atoms with Crippen molar-refractivity contribution in [2.75, 3.05) is 5.32 Å². The number of amides is 1. The fourth-order valence-electron chi connectivity index (χ4n) is 3.26. The van der Waals surface area contributed by atoms with Crippen LogP contribution >= 0.6 is 12.4 Å². The molecule has 4 heteroatoms. The lowest BCUT2D eigenvalue weighted by Gasteiger charge is -2.28. The smallest absolute Gasteiger partial charge is 0.224 e. The first-order chi connectivity index (χ1) is 10.2. The van der Waals surface area contributed by atoms with Gasteiger partial charge in [0.05, 0.1) is 0 Å². The Kier molecular flexibility index (Phi) is 5.81. The summed E-state index contributed by atoms with van der Waals surface area (Å²) in [6, 6.07) is 14.3. The highest BCUT2D eigenvalue weighted by atomic mass is 35.5. The molecule has 3 nitrogen and oxygen atoms in total. The molecule has 1 saturated carbocycles. The summed E-state index contributed by atoms with van der Waals surface area (Å²) in [4.78, 5) is 12.3. The molecule has 118 valence electrons. The monoisotopic (exact) mass is 318 g/mol. The van der Waals surface area contributed by atoms with Crippen molar-refractivity contribution < 1.29 is 4.79 Å². The fraction of sp³-hybridized carbons (Fsp3) is 0.389. The Bertz CT molecular complexity index is 639. The van der Waals surface area contributed by atoms with Crippen molar-refractivity contribution in [1.82, 2.24) is 0 Å². The zero-order valence-corrected chi connectivity index (χ0v) is 13.4. The van der Waals surface area contributed by atoms with E-state index in [1.165, 1.54) is 12.8 Å². The van der Waals surface area contributed by atoms with Gasteiger partial charge in [-0.15, -0.1) is 12.4 Å². The standard InChI is InChI=1S/C18H22N2O.ClH/c19-16-10-4-2-7-14(16)12-18(21)20-17-11-5-8-13-6-1-3-9-15(13)17;/h1,3,5-6,8-9,11,14,16H,2,4,7,10,12,19H2,(H,20,21);1H. The van der Waals surface area contributed by atoms with Crippen molar-refractivity contribution in [3.63, 3.8) is 0 Å². The van der Waals surface area contributed by atoms with E-state index in [0.29, 0.717) is 12.3 Å². The van der Waals surface area contributed by atoms with E-state index in [2.05, 4.69) is 17.4 Å². The minimum Gasteiger partial charge on any atom is -0.327 e. The van der Waals surface area contributed by atoms with E-state index in [4.69, 9.17) is 5.73 Å². The van der Waals surface area contributed by atoms with Crippen LogP contribution < -0.4 is 11.1 Å². The highest BCUT2D eigenvalue weighted by Gasteiger charge is 2.24. The van der Waals surface area contributed by atoms with Gasteiger partial charge in [-0.2, -0.15) is 0 Å². The third-order valence-corrected chi connectivity index (χ3v) is 4.48. The summed E-state index contributed by atoms with van der Waals surface area (Å²) in [5.74, 6) is 0.405. The Morgan fingerprint density at radius 2 is 1.82 bits per heavy atom. The van der Waals surface area contributed by atoms with E-state index in [9.17, 15) is 4.79 Å². The van der Waals surface area contributed by atoms with Crippen molar-refractivity contribution in [3.8, 4) is 0 Å². The van der Waals surface area contributed by atoms with Crippen LogP contribution in [0.4, 0.5) is 5.69 Å². The van der Waals surface area contributed by atoms with Crippen LogP contribution in [0.3, 0.4) is 0 Å². The third-order valence-electron chi connectivity index (χ3n) is 4.48. The molecule has 0 radical (unpaired) electrons. The molecule has 1 fully saturated rings. The quantitative estimate of drug-likeness (QED) is 0.895. The van der Waals surface area contributed by atoms with Crippen LogP contribution in [0.15, 0.2) is 42.5 Å². The first kappa shape index (κ1) is 16.8. The van der Waals surface area contributed by atoms with Gasteiger partial charge in [0.25, 0.3) is 0 Å². The molecule has 1 aliphatic carbocycles. The van der Waals surface area contributed by atoms with Gasteiger partial charge in [-0.1, -0.05) is 49.2 Å². The third kappa shape index (κ3) is 3.79. The van der Waals surface area contributed by atoms with E-state index in [1.54, 1.807) is 0 Å². The zero-order chi connectivity index (χ0) is 14.7. The van der Waals surface area contributed by atoms with Crippen LogP contribution in [0.25, 0.3) is 10.8 Å². The van der Waals surface area contributed by atoms with E-state index in [0.717, 1.165) is 29.3 Å². The number of fused-ring (bicyclic) bond motifs is 1. The predicted molar refractivity (Wildman–Crippen MR) is 94.4 cm³/mol. The summed E-state index contributed by atoms with van der Waals surface area (Å²) in [6.07, 6.45) is 5.04. The highest BCUT2D eigenvalue weighted by molar-refractivity contribution is 6.02. The number of nitrogens with one attached hydrogen (secondary N) is 1. The second-order valence-corrected chi connectivity index (χ2v) is 5.99. The van der Waals surface area contributed by atoms with Gasteiger partial charge in [-0.3, -0.25) is 4.79 Å². The van der Waals surface area contributed by atoms with Gasteiger partial charge in [-0.25, -0.2) is 0 Å². The minimum atomic E-state index is 0. The Balaban J connectivity index is 0.00000176. The number of rotatable bonds is 3. The molecular weight excluding hydrogens is 296 g/mol. The summed E-state index contributed by atoms with van der Waals surface area (Å²) >= 11 is 0. The molecule has 0 spiro atoms. The summed E-state index contributed by atoms with van der Waals surface area (Å²) < 4.78 is 0. The van der Waals surface area contributed by atoms with Crippen molar-refractivity contribution in [2.45, 2.75) is 38.1 Å². The van der Waals surface area contributed by atoms with Crippen molar-refractivity contribution in [3.05, 3.63) is 42.5 Å². The van der Waals surface area contributed by atoms with Crippen molar-refractivity contribution >= 4 is 34.8 Å². The van der Waals surface area contributed by atoms with Crippen LogP contribution in [-0.2, 0) is 4.79 Å². The Labute approximate surface area is 137 Å². The molecule has 1 aliphatic rings. The lowest BCUT2D eigenvalue weighted by molar-refractivity contribution is -0.117. The molecule has 0 aliphatic heterocycles. The summed E-state index contributed by atoms with van der Waals surface area (Å²) in [7, 11) is 0. The summed E-state index contributed by atoms with van der Waals surface area (Å²) in [5, 5.41) is 5.29. The number of hydrogen-bond acceptors (Lipinski definition) is 2. The lowest BCUT2D eigenvalue weighted by Crippen LogP contribution is -2.35. The van der Waals surface area contributed by atoms with Crippen LogP contribution in [0, 0.1) is 5.92 Å². The number of carbonyl (C=O) groups is 1. The number of halogens is 1. The predicted octanol–water partition coefficient (Wildman–Crippen LogP) is 4.11. The maximum Gasteiger partial charge on any atom is 0.224 e. The van der Waals surface area contributed by atoms with Gasteiger partial charge in [0.15, 0.2) is 0 Å². The molecule has 3 rings (SSSR count). The minimum absolute atomic E-state index is 0. The second kappa shape index (κ2) is 7.61. The van der Waals surface area contributed by atoms with Crippen molar-refractivity contribution in [1.29, 1.82) is 0 Å². The van der Waals surface area contributed by atoms with E-state index in [-0.39, 0.29) is 24.4 Å². The molecule has 2 unspecified atom stereocenters. The molecule has 0 bridgehead atoms. The SMILES string of the molecule is Cl.NC1CCCCC1CC(=O)Nc1cccc2ccccc12. The summed E-state index contributed by atoms with van der Waals surface area (Å²) in [6.45, 7) is 0. The normalized spacial score (nSPS) is 21.1. The van der Waals surface area contributed by atoms with Crippen LogP contribution in [0.5, 0.6) is 0 Å². The molecule has 0 aromatic heterocycles. The first-order valence-corrected chi connectivity index (χ1v) is 7.77. The van der Waals surface area contributed by atoms with Crippen molar-refractivity contribution in [2.24, 2.45) is 11.7 Å². The average molecular weight is 319 g/mol. The number of hydrogen-bond donors (Lipinski definition) is 2. The van der Waals surface area contributed by atoms with Crippen LogP contribution in [0.1, 0.15) is 32.1 Å². The average Bonchev–Trinajstić information content (AvgIpc) is 2.50. The molecule has 0 heterocycles. The first-order valence-electron chi connectivity index (χ1n) is 7.77. The molecule has 1 amide bonds. The number of carbonyl (C=O) groups excluding carboxylic acids is 1. The maximum absolute atomic E-state index is 12.3. The van der Waals surface area contributed by atoms with Gasteiger partial charge in [0.2, 0.25) is 5.91 Å². The Morgan fingerprint density at radius 1 is 1.09 bits per heavy atom. The number of nitrogens with two attached hydrogens (primary N) is 1. The van der Waals surface area contributed by atoms with Gasteiger partial charge in [-0.05, 0) is 30.2 Å². The molecule has 22 heavy (non-hydrogen) atoms. The Hall–Kier alpha value is -1.58. The highest BCUT2D eigenvalue weighted by Crippen LogP contribution is 2.27. The zero-order valence-electron chi connectivity index (χ0n) is 12.6. The van der Waals surface area contributed by atoms with Crippen LogP contribution in [-0.4, -0.2) is 11.9 Å². The van der Waals surface area contributed by atoms with Gasteiger partial charge >= 0.3 is 0 Å². The maximum atomic E-state index is 12.3. The Morgan fingerprint density at radius 3 is 2.64 bits per heavy atom. The van der Waals surface area contributed by atoms with Crippen LogP contribution in [0.2, 0.25) is 0 Å². The van der Waals surface area contributed by atoms with Gasteiger partial charge in [0.1, 0.15) is 0 Å². The molecular formula is C18H23ClN2O. The van der Waals surface area contributed by atoms with E-state index in [1.807, 2.05) is 30.3 Å².